The molecule has 0 aliphatic rings. The van der Waals surface area contributed by atoms with E-state index in [0.717, 1.165) is 17.1 Å². The molecule has 7 heteroatoms. The van der Waals surface area contributed by atoms with Gasteiger partial charge in [0, 0.05) is 11.6 Å². The summed E-state index contributed by atoms with van der Waals surface area (Å²) >= 11 is 1.81. The van der Waals surface area contributed by atoms with Crippen LogP contribution >= 0.6 is 22.6 Å². The van der Waals surface area contributed by atoms with Gasteiger partial charge in [0.05, 0.1) is 18.9 Å². The highest BCUT2D eigenvalue weighted by Crippen LogP contribution is 2.14. The number of pyridine rings is 1. The van der Waals surface area contributed by atoms with Crippen LogP contribution in [0.5, 0.6) is 0 Å². The van der Waals surface area contributed by atoms with Crippen molar-refractivity contribution in [1.82, 2.24) is 14.8 Å². The average molecular weight is 339 g/mol. The summed E-state index contributed by atoms with van der Waals surface area (Å²) in [7, 11) is 0. The van der Waals surface area contributed by atoms with E-state index in [9.17, 15) is 13.2 Å². The van der Waals surface area contributed by atoms with E-state index in [1.807, 2.05) is 22.6 Å². The van der Waals surface area contributed by atoms with Crippen LogP contribution in [0.4, 0.5) is 13.2 Å². The van der Waals surface area contributed by atoms with Gasteiger partial charge in [0.2, 0.25) is 5.95 Å². The first-order valence-corrected chi connectivity index (χ1v) is 5.32. The Bertz CT molecular complexity index is 506. The normalized spacial score (nSPS) is 10.8. The summed E-state index contributed by atoms with van der Waals surface area (Å²) in [5, 5.41) is 3.76. The molecule has 0 aliphatic carbocycles. The van der Waals surface area contributed by atoms with E-state index in [2.05, 4.69) is 10.1 Å². The minimum absolute atomic E-state index is 0.256. The van der Waals surface area contributed by atoms with Crippen LogP contribution in [0.2, 0.25) is 0 Å². The lowest BCUT2D eigenvalue weighted by molar-refractivity contribution is 0.457. The summed E-state index contributed by atoms with van der Waals surface area (Å²) in [5.74, 6) is -2.27. The Morgan fingerprint density at radius 2 is 1.81 bits per heavy atom. The Morgan fingerprint density at radius 3 is 2.31 bits per heavy atom. The number of aromatic nitrogens is 3. The number of halogens is 4. The van der Waals surface area contributed by atoms with E-state index in [1.54, 1.807) is 0 Å². The molecule has 84 valence electrons. The molecule has 0 atom stereocenters. The maximum atomic E-state index is 13.2. The zero-order valence-corrected chi connectivity index (χ0v) is 9.95. The SMILES string of the molecule is Fc1cncc(F)c1Cn1nc(I)cc1F. The third-order valence-corrected chi connectivity index (χ3v) is 2.49. The molecule has 0 aromatic carbocycles. The number of hydrogen-bond donors (Lipinski definition) is 0. The molecule has 0 amide bonds. The summed E-state index contributed by atoms with van der Waals surface area (Å²) in [6.45, 7) is -0.297. The Kier molecular flexibility index (Phi) is 3.13. The smallest absolute Gasteiger partial charge is 0.212 e. The van der Waals surface area contributed by atoms with Gasteiger partial charge in [-0.3, -0.25) is 4.98 Å². The van der Waals surface area contributed by atoms with Crippen LogP contribution in [0, 0.1) is 21.3 Å². The van der Waals surface area contributed by atoms with Gasteiger partial charge in [-0.05, 0) is 22.6 Å². The first kappa shape index (κ1) is 11.4. The van der Waals surface area contributed by atoms with Crippen molar-refractivity contribution in [3.63, 3.8) is 0 Å². The van der Waals surface area contributed by atoms with E-state index in [0.29, 0.717) is 3.70 Å². The van der Waals surface area contributed by atoms with Crippen LogP contribution in [0.25, 0.3) is 0 Å². The standard InChI is InChI=1S/C9H5F3IN3/c10-6-2-14-3-7(11)5(6)4-16-8(12)1-9(13)15-16/h1-3H,4H2. The van der Waals surface area contributed by atoms with Crippen LogP contribution in [0.15, 0.2) is 18.5 Å². The van der Waals surface area contributed by atoms with Gasteiger partial charge in [0.15, 0.2) is 0 Å². The topological polar surface area (TPSA) is 30.7 Å². The Labute approximate surface area is 102 Å². The van der Waals surface area contributed by atoms with E-state index in [4.69, 9.17) is 0 Å². The van der Waals surface area contributed by atoms with E-state index < -0.39 is 17.6 Å². The second kappa shape index (κ2) is 4.40. The lowest BCUT2D eigenvalue weighted by Gasteiger charge is -2.04. The highest BCUT2D eigenvalue weighted by Gasteiger charge is 2.13. The van der Waals surface area contributed by atoms with Gasteiger partial charge in [-0.25, -0.2) is 13.5 Å². The highest BCUT2D eigenvalue weighted by molar-refractivity contribution is 14.1. The van der Waals surface area contributed by atoms with E-state index in [1.165, 1.54) is 6.07 Å². The highest BCUT2D eigenvalue weighted by atomic mass is 127. The molecule has 2 aromatic rings. The molecule has 0 aliphatic heterocycles. The number of hydrogen-bond acceptors (Lipinski definition) is 2. The number of rotatable bonds is 2. The fourth-order valence-electron chi connectivity index (χ4n) is 1.21. The lowest BCUT2D eigenvalue weighted by Crippen LogP contribution is -2.08. The van der Waals surface area contributed by atoms with Crippen LogP contribution in [0.3, 0.4) is 0 Å². The molecule has 16 heavy (non-hydrogen) atoms. The van der Waals surface area contributed by atoms with Crippen molar-refractivity contribution in [3.05, 3.63) is 45.3 Å². The lowest BCUT2D eigenvalue weighted by atomic mass is 10.2. The van der Waals surface area contributed by atoms with Crippen LogP contribution in [-0.4, -0.2) is 14.8 Å². The summed E-state index contributed by atoms with van der Waals surface area (Å²) < 4.78 is 40.9. The molecular weight excluding hydrogens is 334 g/mol. The summed E-state index contributed by atoms with van der Waals surface area (Å²) in [5.41, 5.74) is -0.256. The van der Waals surface area contributed by atoms with Gasteiger partial charge in [0.25, 0.3) is 0 Å². The second-order valence-corrected chi connectivity index (χ2v) is 4.13. The molecule has 0 unspecified atom stereocenters. The summed E-state index contributed by atoms with van der Waals surface area (Å²) in [6, 6.07) is 1.18. The van der Waals surface area contributed by atoms with Crippen molar-refractivity contribution in [1.29, 1.82) is 0 Å². The first-order valence-electron chi connectivity index (χ1n) is 4.24. The molecule has 3 nitrogen and oxygen atoms in total. The van der Waals surface area contributed by atoms with Gasteiger partial charge >= 0.3 is 0 Å². The van der Waals surface area contributed by atoms with Crippen molar-refractivity contribution < 1.29 is 13.2 Å². The third-order valence-electron chi connectivity index (χ3n) is 1.96. The molecule has 0 saturated heterocycles. The van der Waals surface area contributed by atoms with Crippen molar-refractivity contribution in [2.45, 2.75) is 6.54 Å². The zero-order valence-electron chi connectivity index (χ0n) is 7.79. The molecule has 2 aromatic heterocycles. The molecule has 2 rings (SSSR count). The minimum Gasteiger partial charge on any atom is -0.259 e. The molecule has 0 spiro atoms. The third kappa shape index (κ3) is 2.18. The first-order chi connectivity index (χ1) is 7.58. The fourth-order valence-corrected chi connectivity index (χ4v) is 1.73. The minimum atomic E-state index is -0.815. The van der Waals surface area contributed by atoms with Crippen molar-refractivity contribution >= 4 is 22.6 Å². The molecule has 0 bridgehead atoms. The Balaban J connectivity index is 2.37. The van der Waals surface area contributed by atoms with Crippen molar-refractivity contribution in [2.24, 2.45) is 0 Å². The molecule has 0 saturated carbocycles. The maximum absolute atomic E-state index is 13.2. The van der Waals surface area contributed by atoms with Gasteiger partial charge in [0.1, 0.15) is 15.3 Å². The molecular formula is C9H5F3IN3. The summed E-state index contributed by atoms with van der Waals surface area (Å²) in [4.78, 5) is 3.34. The quantitative estimate of drug-likeness (QED) is 0.787. The van der Waals surface area contributed by atoms with Crippen molar-refractivity contribution in [3.8, 4) is 0 Å². The largest absolute Gasteiger partial charge is 0.259 e. The van der Waals surface area contributed by atoms with E-state index >= 15 is 0 Å². The molecule has 0 radical (unpaired) electrons. The maximum Gasteiger partial charge on any atom is 0.212 e. The zero-order chi connectivity index (χ0) is 11.7. The average Bonchev–Trinajstić information content (AvgIpc) is 2.51. The Hall–Kier alpha value is -1.12. The van der Waals surface area contributed by atoms with Crippen molar-refractivity contribution in [2.75, 3.05) is 0 Å². The predicted molar refractivity (Wildman–Crippen MR) is 58.2 cm³/mol. The second-order valence-electron chi connectivity index (χ2n) is 3.03. The summed E-state index contributed by atoms with van der Waals surface area (Å²) in [6.07, 6.45) is 1.76. The van der Waals surface area contributed by atoms with Crippen LogP contribution in [-0.2, 0) is 6.54 Å². The van der Waals surface area contributed by atoms with Crippen LogP contribution < -0.4 is 0 Å². The molecule has 0 N–H and O–H groups in total. The van der Waals surface area contributed by atoms with Gasteiger partial charge in [-0.15, -0.1) is 0 Å². The Morgan fingerprint density at radius 1 is 1.19 bits per heavy atom. The number of nitrogens with zero attached hydrogens (tertiary/aromatic N) is 3. The predicted octanol–water partition coefficient (Wildman–Crippen LogP) is 2.35. The van der Waals surface area contributed by atoms with Gasteiger partial charge < -0.3 is 0 Å². The fraction of sp³-hybridized carbons (Fsp3) is 0.111. The van der Waals surface area contributed by atoms with E-state index in [-0.39, 0.29) is 12.1 Å². The molecule has 2 heterocycles. The molecule has 0 fully saturated rings. The van der Waals surface area contributed by atoms with Gasteiger partial charge in [-0.1, -0.05) is 0 Å². The monoisotopic (exact) mass is 339 g/mol. The van der Waals surface area contributed by atoms with Crippen LogP contribution in [0.1, 0.15) is 5.56 Å². The van der Waals surface area contributed by atoms with Gasteiger partial charge in [-0.2, -0.15) is 9.49 Å².